The lowest BCUT2D eigenvalue weighted by Gasteiger charge is -2.20. The molecule has 2 aromatic rings. The van der Waals surface area contributed by atoms with E-state index in [-0.39, 0.29) is 6.04 Å². The molecule has 1 N–H and O–H groups in total. The standard InChI is InChI=1S/C15H19Cl2N3/c1-5-18-15(11-6-7-12(16)13(17)8-11)14-9(2)19-20(4)10(14)3/h6-8,15,18H,5H2,1-4H3. The van der Waals surface area contributed by atoms with Crippen molar-refractivity contribution in [2.45, 2.75) is 26.8 Å². The molecule has 3 nitrogen and oxygen atoms in total. The molecule has 0 aliphatic heterocycles. The minimum atomic E-state index is 0.0727. The Bertz CT molecular complexity index is 620. The van der Waals surface area contributed by atoms with Crippen molar-refractivity contribution in [2.24, 2.45) is 7.05 Å². The first kappa shape index (κ1) is 15.4. The summed E-state index contributed by atoms with van der Waals surface area (Å²) in [6.45, 7) is 7.06. The summed E-state index contributed by atoms with van der Waals surface area (Å²) in [6.07, 6.45) is 0. The van der Waals surface area contributed by atoms with E-state index in [1.807, 2.05) is 36.9 Å². The molecule has 2 rings (SSSR count). The molecule has 1 unspecified atom stereocenters. The predicted molar refractivity (Wildman–Crippen MR) is 84.7 cm³/mol. The van der Waals surface area contributed by atoms with Gasteiger partial charge >= 0.3 is 0 Å². The van der Waals surface area contributed by atoms with E-state index < -0.39 is 0 Å². The lowest BCUT2D eigenvalue weighted by molar-refractivity contribution is 0.623. The molecular weight excluding hydrogens is 293 g/mol. The molecule has 1 heterocycles. The first-order valence-corrected chi connectivity index (χ1v) is 7.39. The molecular formula is C15H19Cl2N3. The number of benzene rings is 1. The zero-order chi connectivity index (χ0) is 14.9. The molecule has 0 radical (unpaired) electrons. The van der Waals surface area contributed by atoms with Crippen LogP contribution in [0.15, 0.2) is 18.2 Å². The van der Waals surface area contributed by atoms with Crippen LogP contribution in [0.25, 0.3) is 0 Å². The second-order valence-electron chi connectivity index (χ2n) is 4.87. The minimum absolute atomic E-state index is 0.0727. The van der Waals surface area contributed by atoms with Crippen molar-refractivity contribution in [2.75, 3.05) is 6.54 Å². The number of halogens is 2. The normalized spacial score (nSPS) is 12.7. The van der Waals surface area contributed by atoms with Crippen LogP contribution in [-0.2, 0) is 7.05 Å². The molecule has 0 saturated carbocycles. The number of aryl methyl sites for hydroxylation is 2. The smallest absolute Gasteiger partial charge is 0.0647 e. The van der Waals surface area contributed by atoms with Crippen molar-refractivity contribution in [1.29, 1.82) is 0 Å². The van der Waals surface area contributed by atoms with Crippen molar-refractivity contribution in [3.63, 3.8) is 0 Å². The minimum Gasteiger partial charge on any atom is -0.306 e. The highest BCUT2D eigenvalue weighted by Crippen LogP contribution is 2.31. The highest BCUT2D eigenvalue weighted by molar-refractivity contribution is 6.42. The van der Waals surface area contributed by atoms with E-state index in [0.717, 1.165) is 23.5 Å². The van der Waals surface area contributed by atoms with Gasteiger partial charge in [0.1, 0.15) is 0 Å². The first-order valence-electron chi connectivity index (χ1n) is 6.64. The molecule has 0 bridgehead atoms. The van der Waals surface area contributed by atoms with E-state index in [1.165, 1.54) is 5.56 Å². The molecule has 20 heavy (non-hydrogen) atoms. The molecule has 0 fully saturated rings. The topological polar surface area (TPSA) is 29.9 Å². The Morgan fingerprint density at radius 2 is 1.95 bits per heavy atom. The highest BCUT2D eigenvalue weighted by Gasteiger charge is 2.21. The largest absolute Gasteiger partial charge is 0.306 e. The third-order valence-corrected chi connectivity index (χ3v) is 4.28. The number of aromatic nitrogens is 2. The second-order valence-corrected chi connectivity index (χ2v) is 5.69. The van der Waals surface area contributed by atoms with Crippen LogP contribution < -0.4 is 5.32 Å². The van der Waals surface area contributed by atoms with Crippen LogP contribution in [0.3, 0.4) is 0 Å². The zero-order valence-corrected chi connectivity index (χ0v) is 13.7. The van der Waals surface area contributed by atoms with Crippen molar-refractivity contribution >= 4 is 23.2 Å². The Morgan fingerprint density at radius 1 is 1.25 bits per heavy atom. The summed E-state index contributed by atoms with van der Waals surface area (Å²) in [5, 5.41) is 9.15. The van der Waals surface area contributed by atoms with Gasteiger partial charge in [-0.05, 0) is 38.1 Å². The third kappa shape index (κ3) is 2.85. The van der Waals surface area contributed by atoms with Crippen LogP contribution in [0.5, 0.6) is 0 Å². The summed E-state index contributed by atoms with van der Waals surface area (Å²) in [5.74, 6) is 0. The quantitative estimate of drug-likeness (QED) is 0.923. The summed E-state index contributed by atoms with van der Waals surface area (Å²) in [4.78, 5) is 0. The van der Waals surface area contributed by atoms with Gasteiger partial charge in [-0.3, -0.25) is 4.68 Å². The second kappa shape index (κ2) is 6.17. The number of rotatable bonds is 4. The predicted octanol–water partition coefficient (Wildman–Crippen LogP) is 4.04. The van der Waals surface area contributed by atoms with Crippen molar-refractivity contribution in [1.82, 2.24) is 15.1 Å². The highest BCUT2D eigenvalue weighted by atomic mass is 35.5. The van der Waals surface area contributed by atoms with Gasteiger partial charge < -0.3 is 5.32 Å². The van der Waals surface area contributed by atoms with E-state index in [1.54, 1.807) is 0 Å². The zero-order valence-electron chi connectivity index (χ0n) is 12.2. The number of nitrogens with one attached hydrogen (secondary N) is 1. The number of hydrogen-bond donors (Lipinski definition) is 1. The lowest BCUT2D eigenvalue weighted by atomic mass is 9.97. The Kier molecular flexibility index (Phi) is 4.74. The number of hydrogen-bond acceptors (Lipinski definition) is 2. The van der Waals surface area contributed by atoms with Crippen LogP contribution in [0.2, 0.25) is 10.0 Å². The summed E-state index contributed by atoms with van der Waals surface area (Å²) in [5.41, 5.74) is 4.48. The lowest BCUT2D eigenvalue weighted by Crippen LogP contribution is -2.23. The molecule has 5 heteroatoms. The molecule has 1 aromatic carbocycles. The monoisotopic (exact) mass is 311 g/mol. The molecule has 0 aliphatic rings. The Hall–Kier alpha value is -1.03. The van der Waals surface area contributed by atoms with Crippen LogP contribution >= 0.6 is 23.2 Å². The fourth-order valence-corrected chi connectivity index (χ4v) is 2.80. The van der Waals surface area contributed by atoms with Gasteiger partial charge in [0.2, 0.25) is 0 Å². The summed E-state index contributed by atoms with van der Waals surface area (Å²) >= 11 is 12.2. The van der Waals surface area contributed by atoms with Crippen molar-refractivity contribution in [3.8, 4) is 0 Å². The van der Waals surface area contributed by atoms with Gasteiger partial charge in [-0.15, -0.1) is 0 Å². The van der Waals surface area contributed by atoms with Gasteiger partial charge in [0.05, 0.1) is 21.8 Å². The maximum Gasteiger partial charge on any atom is 0.0647 e. The third-order valence-electron chi connectivity index (χ3n) is 3.54. The van der Waals surface area contributed by atoms with Gasteiger partial charge in [-0.2, -0.15) is 5.10 Å². The van der Waals surface area contributed by atoms with Crippen LogP contribution in [0.1, 0.15) is 35.5 Å². The van der Waals surface area contributed by atoms with Gasteiger partial charge in [0.25, 0.3) is 0 Å². The van der Waals surface area contributed by atoms with Gasteiger partial charge in [-0.1, -0.05) is 36.2 Å². The average molecular weight is 312 g/mol. The van der Waals surface area contributed by atoms with E-state index >= 15 is 0 Å². The van der Waals surface area contributed by atoms with E-state index in [0.29, 0.717) is 10.0 Å². The van der Waals surface area contributed by atoms with E-state index in [4.69, 9.17) is 23.2 Å². The van der Waals surface area contributed by atoms with Crippen LogP contribution in [0, 0.1) is 13.8 Å². The van der Waals surface area contributed by atoms with Gasteiger partial charge in [0, 0.05) is 18.3 Å². The van der Waals surface area contributed by atoms with E-state index in [2.05, 4.69) is 24.3 Å². The molecule has 0 spiro atoms. The molecule has 1 aromatic heterocycles. The molecule has 0 amide bonds. The van der Waals surface area contributed by atoms with E-state index in [9.17, 15) is 0 Å². The molecule has 0 saturated heterocycles. The van der Waals surface area contributed by atoms with Crippen LogP contribution in [-0.4, -0.2) is 16.3 Å². The Labute approximate surface area is 129 Å². The fourth-order valence-electron chi connectivity index (χ4n) is 2.49. The average Bonchev–Trinajstić information content (AvgIpc) is 2.65. The first-order chi connectivity index (χ1) is 9.45. The van der Waals surface area contributed by atoms with Gasteiger partial charge in [0.15, 0.2) is 0 Å². The Balaban J connectivity index is 2.53. The van der Waals surface area contributed by atoms with Crippen molar-refractivity contribution in [3.05, 3.63) is 50.8 Å². The van der Waals surface area contributed by atoms with Gasteiger partial charge in [-0.25, -0.2) is 0 Å². The maximum atomic E-state index is 6.15. The molecule has 108 valence electrons. The SMILES string of the molecule is CCNC(c1ccc(Cl)c(Cl)c1)c1c(C)nn(C)c1C. The summed E-state index contributed by atoms with van der Waals surface area (Å²) in [6, 6.07) is 5.84. The number of nitrogens with zero attached hydrogens (tertiary/aromatic N) is 2. The fraction of sp³-hybridized carbons (Fsp3) is 0.400. The maximum absolute atomic E-state index is 6.15. The van der Waals surface area contributed by atoms with Crippen LogP contribution in [0.4, 0.5) is 0 Å². The Morgan fingerprint density at radius 3 is 2.45 bits per heavy atom. The molecule has 1 atom stereocenters. The summed E-state index contributed by atoms with van der Waals surface area (Å²) in [7, 11) is 1.96. The summed E-state index contributed by atoms with van der Waals surface area (Å²) < 4.78 is 1.91. The molecule has 0 aliphatic carbocycles. The van der Waals surface area contributed by atoms with Crippen molar-refractivity contribution < 1.29 is 0 Å².